The van der Waals surface area contributed by atoms with Gasteiger partial charge in [0.25, 0.3) is 0 Å². The molecule has 0 amide bonds. The van der Waals surface area contributed by atoms with Crippen LogP contribution in [0.3, 0.4) is 0 Å². The van der Waals surface area contributed by atoms with Crippen molar-refractivity contribution in [3.05, 3.63) is 80.9 Å². The summed E-state index contributed by atoms with van der Waals surface area (Å²) >= 11 is 6.00. The minimum absolute atomic E-state index is 0.252. The van der Waals surface area contributed by atoms with Gasteiger partial charge in [0.15, 0.2) is 5.79 Å². The van der Waals surface area contributed by atoms with Gasteiger partial charge in [0.05, 0.1) is 0 Å². The summed E-state index contributed by atoms with van der Waals surface area (Å²) in [5.41, 5.74) is 1.62. The minimum atomic E-state index is -0.938. The molecule has 156 valence electrons. The monoisotopic (exact) mass is 418 g/mol. The van der Waals surface area contributed by atoms with Crippen molar-refractivity contribution in [2.45, 2.75) is 44.1 Å². The second-order valence-electron chi connectivity index (χ2n) is 6.75. The number of benzene rings is 2. The van der Waals surface area contributed by atoms with Gasteiger partial charge >= 0.3 is 0 Å². The van der Waals surface area contributed by atoms with Gasteiger partial charge in [-0.05, 0) is 29.7 Å². The van der Waals surface area contributed by atoms with E-state index >= 15 is 0 Å². The van der Waals surface area contributed by atoms with Crippen molar-refractivity contribution in [1.29, 1.82) is 0 Å². The van der Waals surface area contributed by atoms with Crippen molar-refractivity contribution in [3.63, 3.8) is 0 Å². The fourth-order valence-corrected chi connectivity index (χ4v) is 3.40. The molecule has 2 aromatic rings. The summed E-state index contributed by atoms with van der Waals surface area (Å²) in [4.78, 5) is 16.3. The SMILES string of the molecule is CCC(CCC(C(N=Cc1ccccc1)c1ccc(Cl)cc1)[N+](=O)[O-])(OC)OC. The Morgan fingerprint density at radius 2 is 1.76 bits per heavy atom. The maximum Gasteiger partial charge on any atom is 0.239 e. The second-order valence-corrected chi connectivity index (χ2v) is 7.19. The van der Waals surface area contributed by atoms with Gasteiger partial charge in [-0.2, -0.15) is 0 Å². The molecule has 2 rings (SSSR count). The van der Waals surface area contributed by atoms with Crippen molar-refractivity contribution < 1.29 is 14.4 Å². The minimum Gasteiger partial charge on any atom is -0.353 e. The Kier molecular flexibility index (Phi) is 8.76. The highest BCUT2D eigenvalue weighted by molar-refractivity contribution is 6.30. The molecule has 0 radical (unpaired) electrons. The number of nitro groups is 1. The predicted molar refractivity (Wildman–Crippen MR) is 115 cm³/mol. The average molecular weight is 419 g/mol. The zero-order chi connectivity index (χ0) is 21.3. The van der Waals surface area contributed by atoms with Crippen molar-refractivity contribution >= 4 is 17.8 Å². The molecule has 2 atom stereocenters. The molecule has 29 heavy (non-hydrogen) atoms. The number of nitrogens with zero attached hydrogens (tertiary/aromatic N) is 2. The molecule has 0 fully saturated rings. The maximum atomic E-state index is 12.0. The number of ether oxygens (including phenoxy) is 2. The number of aliphatic imine (C=N–C) groups is 1. The van der Waals surface area contributed by atoms with Crippen molar-refractivity contribution in [1.82, 2.24) is 0 Å². The number of hydrogen-bond donors (Lipinski definition) is 0. The van der Waals surface area contributed by atoms with Crippen molar-refractivity contribution in [3.8, 4) is 0 Å². The highest BCUT2D eigenvalue weighted by Gasteiger charge is 2.37. The van der Waals surface area contributed by atoms with E-state index in [1.165, 1.54) is 0 Å². The molecule has 0 saturated carbocycles. The third kappa shape index (κ3) is 6.35. The van der Waals surface area contributed by atoms with Crippen molar-refractivity contribution in [2.24, 2.45) is 4.99 Å². The molecule has 0 aliphatic carbocycles. The Morgan fingerprint density at radius 3 is 2.28 bits per heavy atom. The van der Waals surface area contributed by atoms with Gasteiger partial charge in [0.2, 0.25) is 6.04 Å². The number of methoxy groups -OCH3 is 2. The van der Waals surface area contributed by atoms with E-state index in [0.717, 1.165) is 11.1 Å². The van der Waals surface area contributed by atoms with Crippen LogP contribution in [0.15, 0.2) is 59.6 Å². The van der Waals surface area contributed by atoms with Gasteiger partial charge in [-0.25, -0.2) is 0 Å². The van der Waals surface area contributed by atoms with Crippen LogP contribution in [0.25, 0.3) is 0 Å². The Bertz CT molecular complexity index is 784. The summed E-state index contributed by atoms with van der Waals surface area (Å²) in [6.07, 6.45) is 2.90. The normalized spacial score (nSPS) is 14.1. The lowest BCUT2D eigenvalue weighted by atomic mass is 9.93. The van der Waals surface area contributed by atoms with Crippen molar-refractivity contribution in [2.75, 3.05) is 14.2 Å². The molecule has 0 aromatic heterocycles. The number of halogens is 1. The Hall–Kier alpha value is -2.28. The molecule has 2 unspecified atom stereocenters. The van der Waals surface area contributed by atoms with E-state index < -0.39 is 17.9 Å². The van der Waals surface area contributed by atoms with Gasteiger partial charge in [-0.15, -0.1) is 0 Å². The molecule has 0 saturated heterocycles. The van der Waals surface area contributed by atoms with E-state index in [0.29, 0.717) is 17.9 Å². The summed E-state index contributed by atoms with van der Waals surface area (Å²) in [7, 11) is 3.11. The molecule has 6 nitrogen and oxygen atoms in total. The van der Waals surface area contributed by atoms with Crippen LogP contribution in [-0.4, -0.2) is 37.2 Å². The van der Waals surface area contributed by atoms with Gasteiger partial charge < -0.3 is 9.47 Å². The van der Waals surface area contributed by atoms with Gasteiger partial charge in [-0.1, -0.05) is 61.0 Å². The first kappa shape index (κ1) is 23.0. The molecule has 7 heteroatoms. The summed E-state index contributed by atoms with van der Waals surface area (Å²) in [5.74, 6) is -0.845. The summed E-state index contributed by atoms with van der Waals surface area (Å²) in [5, 5.41) is 12.6. The van der Waals surface area contributed by atoms with Gasteiger partial charge in [0.1, 0.15) is 6.04 Å². The first-order valence-corrected chi connectivity index (χ1v) is 9.90. The van der Waals surface area contributed by atoms with Crippen LogP contribution in [0.5, 0.6) is 0 Å². The maximum absolute atomic E-state index is 12.0. The first-order chi connectivity index (χ1) is 13.9. The van der Waals surface area contributed by atoms with E-state index in [1.54, 1.807) is 44.7 Å². The first-order valence-electron chi connectivity index (χ1n) is 9.52. The standard InChI is InChI=1S/C22H27ClN2O4/c1-4-22(28-2,29-3)15-14-20(25(26)27)21(18-10-12-19(23)13-11-18)24-16-17-8-6-5-7-9-17/h5-13,16,20-21H,4,14-15H2,1-3H3. The van der Waals surface area contributed by atoms with E-state index in [4.69, 9.17) is 21.1 Å². The lowest BCUT2D eigenvalue weighted by molar-refractivity contribution is -0.528. The quantitative estimate of drug-likeness (QED) is 0.214. The molecular formula is C22H27ClN2O4. The Labute approximate surface area is 176 Å². The van der Waals surface area contributed by atoms with Gasteiger partial charge in [-0.3, -0.25) is 15.1 Å². The topological polar surface area (TPSA) is 74.0 Å². The molecule has 2 aromatic carbocycles. The second kappa shape index (κ2) is 11.0. The third-order valence-corrected chi connectivity index (χ3v) is 5.39. The molecule has 0 heterocycles. The zero-order valence-corrected chi connectivity index (χ0v) is 17.7. The van der Waals surface area contributed by atoms with Crippen LogP contribution in [0.4, 0.5) is 0 Å². The molecule has 0 aliphatic heterocycles. The van der Waals surface area contributed by atoms with E-state index in [9.17, 15) is 10.1 Å². The zero-order valence-electron chi connectivity index (χ0n) is 17.0. The molecule has 0 N–H and O–H groups in total. The Morgan fingerprint density at radius 1 is 1.14 bits per heavy atom. The van der Waals surface area contributed by atoms with Crippen LogP contribution in [0.1, 0.15) is 43.4 Å². The molecule has 0 spiro atoms. The summed E-state index contributed by atoms with van der Waals surface area (Å²) in [6, 6.07) is 14.9. The summed E-state index contributed by atoms with van der Waals surface area (Å²) in [6.45, 7) is 1.93. The highest BCUT2D eigenvalue weighted by Crippen LogP contribution is 2.31. The smallest absolute Gasteiger partial charge is 0.239 e. The lowest BCUT2D eigenvalue weighted by Gasteiger charge is -2.30. The van der Waals surface area contributed by atoms with Crippen LogP contribution >= 0.6 is 11.6 Å². The largest absolute Gasteiger partial charge is 0.353 e. The number of rotatable bonds is 11. The van der Waals surface area contributed by atoms with Crippen LogP contribution in [-0.2, 0) is 9.47 Å². The fraction of sp³-hybridized carbons (Fsp3) is 0.409. The van der Waals surface area contributed by atoms with E-state index in [-0.39, 0.29) is 11.3 Å². The highest BCUT2D eigenvalue weighted by atomic mass is 35.5. The summed E-state index contributed by atoms with van der Waals surface area (Å²) < 4.78 is 11.0. The van der Waals surface area contributed by atoms with E-state index in [1.807, 2.05) is 37.3 Å². The third-order valence-electron chi connectivity index (χ3n) is 5.13. The number of hydrogen-bond acceptors (Lipinski definition) is 5. The molecule has 0 aliphatic rings. The van der Waals surface area contributed by atoms with Crippen LogP contribution < -0.4 is 0 Å². The van der Waals surface area contributed by atoms with Crippen LogP contribution in [0.2, 0.25) is 5.02 Å². The lowest BCUT2D eigenvalue weighted by Crippen LogP contribution is -2.36. The predicted octanol–water partition coefficient (Wildman–Crippen LogP) is 5.32. The average Bonchev–Trinajstić information content (AvgIpc) is 2.75. The fourth-order valence-electron chi connectivity index (χ4n) is 3.27. The van der Waals surface area contributed by atoms with Gasteiger partial charge in [0, 0.05) is 43.2 Å². The van der Waals surface area contributed by atoms with Crippen LogP contribution in [0, 0.1) is 10.1 Å². The molecule has 0 bridgehead atoms. The Balaban J connectivity index is 2.35. The van der Waals surface area contributed by atoms with E-state index in [2.05, 4.69) is 4.99 Å². The molecular weight excluding hydrogens is 392 g/mol.